The monoisotopic (exact) mass is 327 g/mol. The van der Waals surface area contributed by atoms with Crippen LogP contribution in [0.5, 0.6) is 17.2 Å². The fourth-order valence-corrected chi connectivity index (χ4v) is 2.84. The number of hydrogen-bond donors (Lipinski definition) is 2. The molecule has 2 aromatic carbocycles. The van der Waals surface area contributed by atoms with Gasteiger partial charge in [-0.3, -0.25) is 0 Å². The van der Waals surface area contributed by atoms with Crippen molar-refractivity contribution in [3.05, 3.63) is 42.5 Å². The molecule has 1 aliphatic rings. The van der Waals surface area contributed by atoms with Gasteiger partial charge in [-0.05, 0) is 68.8 Å². The molecule has 1 fully saturated rings. The van der Waals surface area contributed by atoms with E-state index < -0.39 is 0 Å². The van der Waals surface area contributed by atoms with Gasteiger partial charge in [0.25, 0.3) is 0 Å². The lowest BCUT2D eigenvalue weighted by atomic mass is 10.2. The van der Waals surface area contributed by atoms with Gasteiger partial charge in [0.2, 0.25) is 0 Å². The first-order chi connectivity index (χ1) is 11.7. The van der Waals surface area contributed by atoms with Gasteiger partial charge in [0, 0.05) is 12.6 Å². The lowest BCUT2D eigenvalue weighted by Crippen LogP contribution is -2.21. The number of nitrogens with zero attached hydrogens (tertiary/aromatic N) is 1. The van der Waals surface area contributed by atoms with Gasteiger partial charge in [0.05, 0.1) is 18.0 Å². The highest BCUT2D eigenvalue weighted by Gasteiger charge is 2.10. The first-order valence-corrected chi connectivity index (χ1v) is 8.49. The summed E-state index contributed by atoms with van der Waals surface area (Å²) in [5, 5.41) is 0. The van der Waals surface area contributed by atoms with Crippen molar-refractivity contribution in [3.8, 4) is 17.2 Å². The highest BCUT2D eigenvalue weighted by molar-refractivity contribution is 5.65. The predicted octanol–water partition coefficient (Wildman–Crippen LogP) is 3.51. The van der Waals surface area contributed by atoms with E-state index in [1.54, 1.807) is 18.2 Å². The summed E-state index contributed by atoms with van der Waals surface area (Å²) in [6.07, 6.45) is 3.73. The Hall–Kier alpha value is -2.40. The van der Waals surface area contributed by atoms with E-state index in [1.807, 2.05) is 24.3 Å². The van der Waals surface area contributed by atoms with Crippen LogP contribution in [0.2, 0.25) is 0 Å². The fourth-order valence-electron chi connectivity index (χ4n) is 2.84. The topological polar surface area (TPSA) is 73.7 Å². The predicted molar refractivity (Wildman–Crippen MR) is 97.6 cm³/mol. The lowest BCUT2D eigenvalue weighted by Gasteiger charge is -2.14. The van der Waals surface area contributed by atoms with Crippen LogP contribution < -0.4 is 20.9 Å². The molecule has 1 aliphatic heterocycles. The normalized spacial score (nSPS) is 14.7. The van der Waals surface area contributed by atoms with Crippen LogP contribution in [0.15, 0.2) is 42.5 Å². The molecule has 1 saturated heterocycles. The third-order valence-electron chi connectivity index (χ3n) is 4.20. The van der Waals surface area contributed by atoms with Crippen molar-refractivity contribution in [2.24, 2.45) is 0 Å². The van der Waals surface area contributed by atoms with Crippen LogP contribution in [-0.2, 0) is 0 Å². The molecule has 128 valence electrons. The number of likely N-dealkylation sites (tertiary alicyclic amines) is 1. The highest BCUT2D eigenvalue weighted by Crippen LogP contribution is 2.27. The van der Waals surface area contributed by atoms with Crippen LogP contribution in [0.25, 0.3) is 0 Å². The molecule has 5 nitrogen and oxygen atoms in total. The average molecular weight is 327 g/mol. The Morgan fingerprint density at radius 3 is 2.21 bits per heavy atom. The molecule has 0 saturated carbocycles. The first kappa shape index (κ1) is 16.5. The van der Waals surface area contributed by atoms with Crippen LogP contribution >= 0.6 is 0 Å². The second-order valence-corrected chi connectivity index (χ2v) is 6.11. The summed E-state index contributed by atoms with van der Waals surface area (Å²) in [6, 6.07) is 12.9. The minimum Gasteiger partial charge on any atom is -0.494 e. The number of ether oxygens (including phenoxy) is 2. The fraction of sp³-hybridized carbons (Fsp3) is 0.368. The molecule has 2 aromatic rings. The molecule has 24 heavy (non-hydrogen) atoms. The summed E-state index contributed by atoms with van der Waals surface area (Å²) in [5.41, 5.74) is 12.6. The number of nitrogens with two attached hydrogens (primary N) is 2. The number of hydrogen-bond acceptors (Lipinski definition) is 5. The summed E-state index contributed by atoms with van der Waals surface area (Å²) < 4.78 is 11.6. The molecule has 4 N–H and O–H groups in total. The second kappa shape index (κ2) is 7.93. The summed E-state index contributed by atoms with van der Waals surface area (Å²) in [7, 11) is 0. The molecule has 1 heterocycles. The quantitative estimate of drug-likeness (QED) is 0.601. The Kier molecular flexibility index (Phi) is 5.43. The van der Waals surface area contributed by atoms with Crippen LogP contribution in [0, 0.1) is 0 Å². The van der Waals surface area contributed by atoms with Crippen molar-refractivity contribution in [2.75, 3.05) is 37.7 Å². The minimum atomic E-state index is 0.519. The Morgan fingerprint density at radius 1 is 0.833 bits per heavy atom. The smallest absolute Gasteiger partial charge is 0.129 e. The molecule has 0 unspecified atom stereocenters. The van der Waals surface area contributed by atoms with Crippen molar-refractivity contribution in [1.29, 1.82) is 0 Å². The van der Waals surface area contributed by atoms with Crippen LogP contribution in [0.1, 0.15) is 19.3 Å². The van der Waals surface area contributed by atoms with E-state index in [4.69, 9.17) is 20.9 Å². The molecular formula is C19H25N3O2. The Labute approximate surface area is 143 Å². The van der Waals surface area contributed by atoms with Crippen LogP contribution in [0.4, 0.5) is 11.4 Å². The SMILES string of the molecule is Nc1ccc(Oc2ccc(OCCCN3CCCC3)cc2)cc1N. The average Bonchev–Trinajstić information content (AvgIpc) is 3.10. The van der Waals surface area contributed by atoms with Gasteiger partial charge in [0.15, 0.2) is 0 Å². The lowest BCUT2D eigenvalue weighted by molar-refractivity contribution is 0.263. The Morgan fingerprint density at radius 2 is 1.50 bits per heavy atom. The first-order valence-electron chi connectivity index (χ1n) is 8.49. The van der Waals surface area contributed by atoms with E-state index in [-0.39, 0.29) is 0 Å². The summed E-state index contributed by atoms with van der Waals surface area (Å²) in [4.78, 5) is 2.50. The van der Waals surface area contributed by atoms with E-state index in [9.17, 15) is 0 Å². The number of rotatable bonds is 7. The number of nitrogen functional groups attached to an aromatic ring is 2. The molecule has 0 amide bonds. The third kappa shape index (κ3) is 4.55. The van der Waals surface area contributed by atoms with Gasteiger partial charge >= 0.3 is 0 Å². The maximum atomic E-state index is 5.79. The van der Waals surface area contributed by atoms with Crippen molar-refractivity contribution in [2.45, 2.75) is 19.3 Å². The van der Waals surface area contributed by atoms with Crippen molar-refractivity contribution < 1.29 is 9.47 Å². The molecule has 0 aliphatic carbocycles. The molecule has 0 atom stereocenters. The van der Waals surface area contributed by atoms with Crippen LogP contribution in [0.3, 0.4) is 0 Å². The van der Waals surface area contributed by atoms with E-state index in [0.29, 0.717) is 17.1 Å². The molecule has 0 spiro atoms. The van der Waals surface area contributed by atoms with Gasteiger partial charge in [0.1, 0.15) is 17.2 Å². The molecule has 3 rings (SSSR count). The number of benzene rings is 2. The maximum absolute atomic E-state index is 5.79. The maximum Gasteiger partial charge on any atom is 0.129 e. The van der Waals surface area contributed by atoms with Gasteiger partial charge in [-0.25, -0.2) is 0 Å². The summed E-state index contributed by atoms with van der Waals surface area (Å²) >= 11 is 0. The van der Waals surface area contributed by atoms with E-state index in [0.717, 1.165) is 31.1 Å². The third-order valence-corrected chi connectivity index (χ3v) is 4.20. The highest BCUT2D eigenvalue weighted by atomic mass is 16.5. The molecule has 0 aromatic heterocycles. The molecule has 5 heteroatoms. The van der Waals surface area contributed by atoms with Gasteiger partial charge < -0.3 is 25.8 Å². The molecule has 0 bridgehead atoms. The van der Waals surface area contributed by atoms with Crippen molar-refractivity contribution >= 4 is 11.4 Å². The van der Waals surface area contributed by atoms with Crippen molar-refractivity contribution in [3.63, 3.8) is 0 Å². The standard InChI is InChI=1S/C19H25N3O2/c20-18-9-8-17(14-19(18)21)24-16-6-4-15(5-7-16)23-13-3-12-22-10-1-2-11-22/h4-9,14H,1-3,10-13,20-21H2. The summed E-state index contributed by atoms with van der Waals surface area (Å²) in [5.74, 6) is 2.27. The largest absolute Gasteiger partial charge is 0.494 e. The van der Waals surface area contributed by atoms with E-state index in [2.05, 4.69) is 4.90 Å². The van der Waals surface area contributed by atoms with Gasteiger partial charge in [-0.15, -0.1) is 0 Å². The Balaban J connectivity index is 1.45. The van der Waals surface area contributed by atoms with Gasteiger partial charge in [-0.2, -0.15) is 0 Å². The molecule has 0 radical (unpaired) electrons. The van der Waals surface area contributed by atoms with E-state index >= 15 is 0 Å². The zero-order valence-electron chi connectivity index (χ0n) is 13.9. The zero-order valence-corrected chi connectivity index (χ0v) is 13.9. The zero-order chi connectivity index (χ0) is 16.8. The minimum absolute atomic E-state index is 0.519. The Bertz CT molecular complexity index is 652. The van der Waals surface area contributed by atoms with Crippen molar-refractivity contribution in [1.82, 2.24) is 4.90 Å². The van der Waals surface area contributed by atoms with E-state index in [1.165, 1.54) is 25.9 Å². The number of anilines is 2. The van der Waals surface area contributed by atoms with Crippen LogP contribution in [-0.4, -0.2) is 31.1 Å². The molecular weight excluding hydrogens is 302 g/mol. The van der Waals surface area contributed by atoms with Gasteiger partial charge in [-0.1, -0.05) is 0 Å². The second-order valence-electron chi connectivity index (χ2n) is 6.11. The summed E-state index contributed by atoms with van der Waals surface area (Å²) in [6.45, 7) is 4.34.